The standard InChI is InChI=1S/C19H32O2/c1-17-7-3-8-18(2,21)15(17)6-9-19-10-13(4-5-16(17)19)14(11-19)12-20/h13-16,20-21H,3-12H2,1-2H3/t13-,14-,15+,16+,17-,18-,19+/m1/s1. The second-order valence-corrected chi connectivity index (χ2v) is 9.41. The molecule has 0 saturated heterocycles. The first-order chi connectivity index (χ1) is 9.91. The quantitative estimate of drug-likeness (QED) is 0.772. The minimum atomic E-state index is -0.444. The van der Waals surface area contributed by atoms with Crippen molar-refractivity contribution in [3.05, 3.63) is 0 Å². The highest BCUT2D eigenvalue weighted by Gasteiger charge is 2.64. The van der Waals surface area contributed by atoms with E-state index >= 15 is 0 Å². The monoisotopic (exact) mass is 292 g/mol. The summed E-state index contributed by atoms with van der Waals surface area (Å²) in [6, 6.07) is 0. The van der Waals surface area contributed by atoms with Crippen molar-refractivity contribution in [2.24, 2.45) is 34.5 Å². The second kappa shape index (κ2) is 4.47. The number of fused-ring (bicyclic) bond motifs is 3. The van der Waals surface area contributed by atoms with Crippen LogP contribution in [0.3, 0.4) is 0 Å². The van der Waals surface area contributed by atoms with E-state index in [1.807, 2.05) is 0 Å². The van der Waals surface area contributed by atoms with Gasteiger partial charge in [-0.15, -0.1) is 0 Å². The molecule has 4 rings (SSSR count). The third kappa shape index (κ3) is 1.84. The first-order valence-electron chi connectivity index (χ1n) is 9.25. The smallest absolute Gasteiger partial charge is 0.0653 e. The van der Waals surface area contributed by atoms with Crippen molar-refractivity contribution in [2.75, 3.05) is 6.61 Å². The van der Waals surface area contributed by atoms with Gasteiger partial charge in [-0.3, -0.25) is 0 Å². The third-order valence-electron chi connectivity index (χ3n) is 8.48. The molecule has 0 aromatic heterocycles. The Labute approximate surface area is 129 Å². The van der Waals surface area contributed by atoms with Gasteiger partial charge in [-0.2, -0.15) is 0 Å². The highest BCUT2D eigenvalue weighted by molar-refractivity contribution is 5.13. The van der Waals surface area contributed by atoms with Crippen LogP contribution >= 0.6 is 0 Å². The molecule has 0 heterocycles. The topological polar surface area (TPSA) is 40.5 Å². The minimum absolute atomic E-state index is 0.343. The fourth-order valence-corrected chi connectivity index (χ4v) is 7.77. The van der Waals surface area contributed by atoms with Gasteiger partial charge in [-0.1, -0.05) is 13.3 Å². The van der Waals surface area contributed by atoms with Crippen molar-refractivity contribution in [1.82, 2.24) is 0 Å². The lowest BCUT2D eigenvalue weighted by molar-refractivity contribution is -0.180. The van der Waals surface area contributed by atoms with Gasteiger partial charge in [-0.25, -0.2) is 0 Å². The van der Waals surface area contributed by atoms with Crippen molar-refractivity contribution in [3.63, 3.8) is 0 Å². The van der Waals surface area contributed by atoms with E-state index in [1.165, 1.54) is 51.4 Å². The maximum Gasteiger partial charge on any atom is 0.0653 e. The maximum absolute atomic E-state index is 11.0. The highest BCUT2D eigenvalue weighted by Crippen LogP contribution is 2.71. The van der Waals surface area contributed by atoms with Crippen LogP contribution in [0.5, 0.6) is 0 Å². The van der Waals surface area contributed by atoms with E-state index in [0.29, 0.717) is 29.3 Å². The molecule has 0 amide bonds. The number of rotatable bonds is 1. The zero-order valence-electron chi connectivity index (χ0n) is 13.8. The average Bonchev–Trinajstić information content (AvgIpc) is 2.68. The molecule has 2 N–H and O–H groups in total. The predicted molar refractivity (Wildman–Crippen MR) is 83.8 cm³/mol. The molecule has 4 aliphatic carbocycles. The summed E-state index contributed by atoms with van der Waals surface area (Å²) in [5.41, 5.74) is 0.407. The summed E-state index contributed by atoms with van der Waals surface area (Å²) < 4.78 is 0. The molecule has 2 bridgehead atoms. The summed E-state index contributed by atoms with van der Waals surface area (Å²) >= 11 is 0. The Morgan fingerprint density at radius 3 is 2.52 bits per heavy atom. The normalized spacial score (nSPS) is 59.4. The molecule has 0 radical (unpaired) electrons. The summed E-state index contributed by atoms with van der Waals surface area (Å²) in [4.78, 5) is 0. The fourth-order valence-electron chi connectivity index (χ4n) is 7.77. The molecule has 2 nitrogen and oxygen atoms in total. The van der Waals surface area contributed by atoms with Crippen LogP contribution in [-0.4, -0.2) is 22.4 Å². The van der Waals surface area contributed by atoms with Crippen molar-refractivity contribution in [3.8, 4) is 0 Å². The van der Waals surface area contributed by atoms with Crippen LogP contribution in [0.1, 0.15) is 71.6 Å². The molecule has 0 unspecified atom stereocenters. The highest BCUT2D eigenvalue weighted by atomic mass is 16.3. The largest absolute Gasteiger partial charge is 0.396 e. The summed E-state index contributed by atoms with van der Waals surface area (Å²) in [7, 11) is 0. The first kappa shape index (κ1) is 14.5. The molecule has 4 fully saturated rings. The molecule has 4 aliphatic rings. The molecule has 0 aliphatic heterocycles. The van der Waals surface area contributed by atoms with Crippen LogP contribution in [0.4, 0.5) is 0 Å². The summed E-state index contributed by atoms with van der Waals surface area (Å²) in [5, 5.41) is 20.7. The van der Waals surface area contributed by atoms with Crippen LogP contribution < -0.4 is 0 Å². The van der Waals surface area contributed by atoms with Gasteiger partial charge < -0.3 is 10.2 Å². The average molecular weight is 292 g/mol. The molecule has 4 saturated carbocycles. The van der Waals surface area contributed by atoms with Crippen LogP contribution in [0.2, 0.25) is 0 Å². The maximum atomic E-state index is 11.0. The van der Waals surface area contributed by atoms with Crippen molar-refractivity contribution < 1.29 is 10.2 Å². The Balaban J connectivity index is 1.70. The van der Waals surface area contributed by atoms with Crippen molar-refractivity contribution >= 4 is 0 Å². The summed E-state index contributed by atoms with van der Waals surface area (Å²) in [5.74, 6) is 2.65. The Kier molecular flexibility index (Phi) is 3.09. The summed E-state index contributed by atoms with van der Waals surface area (Å²) in [6.45, 7) is 5.00. The molecule has 120 valence electrons. The van der Waals surface area contributed by atoms with Gasteiger partial charge in [-0.05, 0) is 92.8 Å². The molecular weight excluding hydrogens is 260 g/mol. The Morgan fingerprint density at radius 2 is 1.76 bits per heavy atom. The zero-order valence-corrected chi connectivity index (χ0v) is 13.8. The van der Waals surface area contributed by atoms with Crippen LogP contribution in [0, 0.1) is 34.5 Å². The molecule has 0 aromatic rings. The molecule has 21 heavy (non-hydrogen) atoms. The van der Waals surface area contributed by atoms with E-state index in [1.54, 1.807) is 0 Å². The van der Waals surface area contributed by atoms with Crippen LogP contribution in [-0.2, 0) is 0 Å². The molecule has 1 spiro atoms. The van der Waals surface area contributed by atoms with Crippen LogP contribution in [0.15, 0.2) is 0 Å². The van der Waals surface area contributed by atoms with Crippen LogP contribution in [0.25, 0.3) is 0 Å². The van der Waals surface area contributed by atoms with E-state index in [4.69, 9.17) is 0 Å². The molecule has 0 aromatic carbocycles. The van der Waals surface area contributed by atoms with Gasteiger partial charge in [0.2, 0.25) is 0 Å². The van der Waals surface area contributed by atoms with Gasteiger partial charge in [0.25, 0.3) is 0 Å². The first-order valence-corrected chi connectivity index (χ1v) is 9.25. The molecule has 7 atom stereocenters. The van der Waals surface area contributed by atoms with E-state index in [2.05, 4.69) is 13.8 Å². The zero-order chi connectivity index (χ0) is 14.9. The number of hydrogen-bond donors (Lipinski definition) is 2. The van der Waals surface area contributed by atoms with Crippen molar-refractivity contribution in [1.29, 1.82) is 0 Å². The Hall–Kier alpha value is -0.0800. The lowest BCUT2D eigenvalue weighted by Gasteiger charge is -2.63. The van der Waals surface area contributed by atoms with E-state index in [0.717, 1.165) is 18.3 Å². The SMILES string of the molecule is C[C@@]12CCC[C@@](C)(O)[C@H]1CC[C@@]13C[C@@H](CC[C@H]12)[C@@H](CO)C3. The van der Waals surface area contributed by atoms with E-state index in [9.17, 15) is 10.2 Å². The minimum Gasteiger partial charge on any atom is -0.396 e. The Bertz CT molecular complexity index is 431. The number of hydrogen-bond acceptors (Lipinski definition) is 2. The molecular formula is C19H32O2. The second-order valence-electron chi connectivity index (χ2n) is 9.41. The Morgan fingerprint density at radius 1 is 0.952 bits per heavy atom. The van der Waals surface area contributed by atoms with Gasteiger partial charge >= 0.3 is 0 Å². The van der Waals surface area contributed by atoms with Gasteiger partial charge in [0, 0.05) is 6.61 Å². The van der Waals surface area contributed by atoms with Crippen molar-refractivity contribution in [2.45, 2.75) is 77.2 Å². The number of aliphatic hydroxyl groups is 2. The number of aliphatic hydroxyl groups excluding tert-OH is 1. The van der Waals surface area contributed by atoms with Gasteiger partial charge in [0.15, 0.2) is 0 Å². The van der Waals surface area contributed by atoms with Gasteiger partial charge in [0.05, 0.1) is 5.60 Å². The lowest BCUT2D eigenvalue weighted by Crippen LogP contribution is -2.58. The van der Waals surface area contributed by atoms with Gasteiger partial charge in [0.1, 0.15) is 0 Å². The third-order valence-corrected chi connectivity index (χ3v) is 8.48. The predicted octanol–water partition coefficient (Wildman–Crippen LogP) is 3.75. The molecule has 2 heteroatoms. The lowest BCUT2D eigenvalue weighted by atomic mass is 9.43. The fraction of sp³-hybridized carbons (Fsp3) is 1.00. The van der Waals surface area contributed by atoms with E-state index < -0.39 is 5.60 Å². The van der Waals surface area contributed by atoms with E-state index in [-0.39, 0.29) is 0 Å². The summed E-state index contributed by atoms with van der Waals surface area (Å²) in [6.07, 6.45) is 11.3.